The molecule has 3 aromatic rings. The normalized spacial score (nSPS) is 14.5. The molecule has 10 nitrogen and oxygen atoms in total. The van der Waals surface area contributed by atoms with E-state index in [0.717, 1.165) is 12.8 Å². The summed E-state index contributed by atoms with van der Waals surface area (Å²) in [7, 11) is -1.92. The van der Waals surface area contributed by atoms with Crippen molar-refractivity contribution in [3.63, 3.8) is 0 Å². The molecule has 1 saturated heterocycles. The third kappa shape index (κ3) is 5.98. The highest BCUT2D eigenvalue weighted by Gasteiger charge is 2.23. The number of nitrogens with zero attached hydrogens (tertiary/aromatic N) is 3. The van der Waals surface area contributed by atoms with Gasteiger partial charge in [-0.2, -0.15) is 4.98 Å². The van der Waals surface area contributed by atoms with E-state index >= 15 is 0 Å². The van der Waals surface area contributed by atoms with Gasteiger partial charge in [0.1, 0.15) is 23.9 Å². The lowest BCUT2D eigenvalue weighted by Crippen LogP contribution is -2.25. The van der Waals surface area contributed by atoms with Crippen LogP contribution in [-0.4, -0.2) is 55.0 Å². The third-order valence-corrected chi connectivity index (χ3v) is 7.73. The summed E-state index contributed by atoms with van der Waals surface area (Å²) in [6.07, 6.45) is 3.16. The molecule has 0 saturated carbocycles. The van der Waals surface area contributed by atoms with Crippen LogP contribution in [0, 0.1) is 0 Å². The van der Waals surface area contributed by atoms with Crippen LogP contribution in [0.2, 0.25) is 0 Å². The highest BCUT2D eigenvalue weighted by Crippen LogP contribution is 2.32. The Morgan fingerprint density at radius 2 is 1.69 bits per heavy atom. The van der Waals surface area contributed by atoms with Crippen molar-refractivity contribution in [3.8, 4) is 11.5 Å². The minimum absolute atomic E-state index is 0.117. The van der Waals surface area contributed by atoms with E-state index in [2.05, 4.69) is 25.6 Å². The molecular formula is C24H29N5O5S. The van der Waals surface area contributed by atoms with Crippen molar-refractivity contribution in [2.24, 2.45) is 0 Å². The molecule has 0 bridgehead atoms. The van der Waals surface area contributed by atoms with Crippen LogP contribution in [0.3, 0.4) is 0 Å². The van der Waals surface area contributed by atoms with Gasteiger partial charge in [-0.3, -0.25) is 0 Å². The van der Waals surface area contributed by atoms with E-state index in [1.165, 1.54) is 6.33 Å². The van der Waals surface area contributed by atoms with E-state index in [-0.39, 0.29) is 22.9 Å². The van der Waals surface area contributed by atoms with Crippen molar-refractivity contribution in [2.75, 3.05) is 31.0 Å². The minimum atomic E-state index is -3.49. The van der Waals surface area contributed by atoms with Gasteiger partial charge >= 0.3 is 0 Å². The Kier molecular flexibility index (Phi) is 7.67. The standard InChI is InChI=1S/C24H29N5O5S/c1-16(2)35(30,31)22-7-5-4-6-20(22)28-24-26-15-25-23(29-24)27-19-9-8-18(14-21(19)32-3)34-17-10-12-33-13-11-17/h4-9,14-17H,10-13H2,1-3H3,(H2,25,26,27,28,29). The fraction of sp³-hybridized carbons (Fsp3) is 0.375. The fourth-order valence-electron chi connectivity index (χ4n) is 3.56. The maximum absolute atomic E-state index is 12.7. The lowest BCUT2D eigenvalue weighted by atomic mass is 10.1. The summed E-state index contributed by atoms with van der Waals surface area (Å²) in [6.45, 7) is 4.69. The molecule has 1 aliphatic rings. The summed E-state index contributed by atoms with van der Waals surface area (Å²) in [5, 5.41) is 5.56. The number of nitrogens with one attached hydrogen (secondary N) is 2. The minimum Gasteiger partial charge on any atom is -0.494 e. The molecule has 2 N–H and O–H groups in total. The molecule has 1 aliphatic heterocycles. The van der Waals surface area contributed by atoms with Gasteiger partial charge in [-0.15, -0.1) is 0 Å². The van der Waals surface area contributed by atoms with E-state index < -0.39 is 15.1 Å². The van der Waals surface area contributed by atoms with Crippen LogP contribution in [-0.2, 0) is 14.6 Å². The average Bonchev–Trinajstić information content (AvgIpc) is 2.86. The number of anilines is 4. The Morgan fingerprint density at radius 1 is 1.00 bits per heavy atom. The number of benzene rings is 2. The first-order valence-electron chi connectivity index (χ1n) is 11.4. The molecule has 4 rings (SSSR count). The largest absolute Gasteiger partial charge is 0.494 e. The number of rotatable bonds is 9. The second-order valence-electron chi connectivity index (χ2n) is 8.26. The molecule has 11 heteroatoms. The van der Waals surface area contributed by atoms with E-state index in [9.17, 15) is 8.42 Å². The van der Waals surface area contributed by atoms with Gasteiger partial charge in [0.2, 0.25) is 11.9 Å². The number of sulfone groups is 1. The zero-order valence-corrected chi connectivity index (χ0v) is 20.7. The van der Waals surface area contributed by atoms with Crippen molar-refractivity contribution < 1.29 is 22.6 Å². The van der Waals surface area contributed by atoms with Crippen LogP contribution < -0.4 is 20.1 Å². The first-order chi connectivity index (χ1) is 16.9. The smallest absolute Gasteiger partial charge is 0.232 e. The first-order valence-corrected chi connectivity index (χ1v) is 12.9. The van der Waals surface area contributed by atoms with Crippen LogP contribution in [0.25, 0.3) is 0 Å². The van der Waals surface area contributed by atoms with Crippen molar-refractivity contribution in [1.29, 1.82) is 0 Å². The van der Waals surface area contributed by atoms with Crippen LogP contribution in [0.5, 0.6) is 11.5 Å². The second kappa shape index (κ2) is 10.9. The summed E-state index contributed by atoms with van der Waals surface area (Å²) >= 11 is 0. The van der Waals surface area contributed by atoms with Gasteiger partial charge in [-0.25, -0.2) is 18.4 Å². The maximum atomic E-state index is 12.7. The lowest BCUT2D eigenvalue weighted by molar-refractivity contribution is 0.0255. The van der Waals surface area contributed by atoms with Gasteiger partial charge in [-0.05, 0) is 38.1 Å². The van der Waals surface area contributed by atoms with Crippen LogP contribution >= 0.6 is 0 Å². The molecule has 2 heterocycles. The zero-order chi connectivity index (χ0) is 24.8. The average molecular weight is 500 g/mol. The van der Waals surface area contributed by atoms with Crippen molar-refractivity contribution in [2.45, 2.75) is 42.9 Å². The first kappa shape index (κ1) is 24.7. The molecule has 186 valence electrons. The summed E-state index contributed by atoms with van der Waals surface area (Å²) in [5.41, 5.74) is 1.04. The number of methoxy groups -OCH3 is 1. The SMILES string of the molecule is COc1cc(OC2CCOCC2)ccc1Nc1ncnc(Nc2ccccc2S(=O)(=O)C(C)C)n1. The predicted molar refractivity (Wildman–Crippen MR) is 133 cm³/mol. The fourth-order valence-corrected chi connectivity index (χ4v) is 4.77. The van der Waals surface area contributed by atoms with E-state index in [0.29, 0.717) is 36.1 Å². The number of hydrogen-bond donors (Lipinski definition) is 2. The summed E-state index contributed by atoms with van der Waals surface area (Å²) in [4.78, 5) is 12.9. The molecule has 1 aromatic heterocycles. The third-order valence-electron chi connectivity index (χ3n) is 5.52. The van der Waals surface area contributed by atoms with Gasteiger partial charge < -0.3 is 24.8 Å². The van der Waals surface area contributed by atoms with E-state index in [1.807, 2.05) is 18.2 Å². The highest BCUT2D eigenvalue weighted by atomic mass is 32.2. The summed E-state index contributed by atoms with van der Waals surface area (Å²) < 4.78 is 42.4. The van der Waals surface area contributed by atoms with Crippen molar-refractivity contribution in [1.82, 2.24) is 15.0 Å². The van der Waals surface area contributed by atoms with Crippen LogP contribution in [0.1, 0.15) is 26.7 Å². The molecule has 0 radical (unpaired) electrons. The Hall–Kier alpha value is -3.44. The monoisotopic (exact) mass is 499 g/mol. The zero-order valence-electron chi connectivity index (χ0n) is 19.9. The lowest BCUT2D eigenvalue weighted by Gasteiger charge is -2.23. The molecular weight excluding hydrogens is 470 g/mol. The molecule has 0 aliphatic carbocycles. The van der Waals surface area contributed by atoms with E-state index in [1.54, 1.807) is 45.2 Å². The van der Waals surface area contributed by atoms with Crippen molar-refractivity contribution >= 4 is 33.1 Å². The summed E-state index contributed by atoms with van der Waals surface area (Å²) in [6, 6.07) is 12.2. The molecule has 35 heavy (non-hydrogen) atoms. The Bertz CT molecular complexity index is 1260. The van der Waals surface area contributed by atoms with Gasteiger partial charge in [0.25, 0.3) is 0 Å². The molecule has 1 fully saturated rings. The number of aromatic nitrogens is 3. The Balaban J connectivity index is 1.51. The maximum Gasteiger partial charge on any atom is 0.232 e. The Labute approximate surface area is 205 Å². The van der Waals surface area contributed by atoms with Gasteiger partial charge in [-0.1, -0.05) is 12.1 Å². The topological polar surface area (TPSA) is 125 Å². The Morgan fingerprint density at radius 3 is 2.37 bits per heavy atom. The van der Waals surface area contributed by atoms with Crippen LogP contribution in [0.4, 0.5) is 23.3 Å². The van der Waals surface area contributed by atoms with E-state index in [4.69, 9.17) is 14.2 Å². The van der Waals surface area contributed by atoms with Gasteiger partial charge in [0, 0.05) is 18.9 Å². The molecule has 2 aromatic carbocycles. The molecule has 0 spiro atoms. The molecule has 0 amide bonds. The van der Waals surface area contributed by atoms with Gasteiger partial charge in [0.05, 0.1) is 41.8 Å². The highest BCUT2D eigenvalue weighted by molar-refractivity contribution is 7.92. The van der Waals surface area contributed by atoms with Crippen LogP contribution in [0.15, 0.2) is 53.7 Å². The molecule has 0 atom stereocenters. The number of ether oxygens (including phenoxy) is 3. The summed E-state index contributed by atoms with van der Waals surface area (Å²) in [5.74, 6) is 1.74. The number of para-hydroxylation sites is 1. The second-order valence-corrected chi connectivity index (χ2v) is 10.7. The number of hydrogen-bond acceptors (Lipinski definition) is 10. The quantitative estimate of drug-likeness (QED) is 0.444. The van der Waals surface area contributed by atoms with Gasteiger partial charge in [0.15, 0.2) is 9.84 Å². The predicted octanol–water partition coefficient (Wildman–Crippen LogP) is 4.11. The van der Waals surface area contributed by atoms with Crippen molar-refractivity contribution in [3.05, 3.63) is 48.8 Å². The molecule has 0 unspecified atom stereocenters.